The molecule has 0 saturated heterocycles. The molecule has 0 radical (unpaired) electrons. The van der Waals surface area contributed by atoms with Crippen LogP contribution in [0.5, 0.6) is 5.75 Å². The van der Waals surface area contributed by atoms with Crippen molar-refractivity contribution >= 4 is 17.5 Å². The van der Waals surface area contributed by atoms with E-state index in [4.69, 9.17) is 14.3 Å². The van der Waals surface area contributed by atoms with Gasteiger partial charge in [0.15, 0.2) is 5.78 Å². The Bertz CT molecular complexity index is 1040. The van der Waals surface area contributed by atoms with E-state index in [9.17, 15) is 9.59 Å². The Morgan fingerprint density at radius 2 is 1.79 bits per heavy atom. The van der Waals surface area contributed by atoms with Crippen LogP contribution in [0.15, 0.2) is 16.5 Å². The van der Waals surface area contributed by atoms with Crippen molar-refractivity contribution in [2.75, 3.05) is 13.2 Å². The lowest BCUT2D eigenvalue weighted by Gasteiger charge is -2.30. The molecule has 0 bridgehead atoms. The molecule has 1 aromatic carbocycles. The topological polar surface area (TPSA) is 74.2 Å². The van der Waals surface area contributed by atoms with Crippen molar-refractivity contribution < 1.29 is 23.9 Å². The molecule has 1 aromatic rings. The second-order valence-corrected chi connectivity index (χ2v) is 10.4. The van der Waals surface area contributed by atoms with E-state index in [0.717, 1.165) is 29.7 Å². The Morgan fingerprint density at radius 1 is 1.09 bits per heavy atom. The number of ether oxygens (including phenoxy) is 2. The van der Waals surface area contributed by atoms with Gasteiger partial charge in [0.2, 0.25) is 0 Å². The van der Waals surface area contributed by atoms with Crippen molar-refractivity contribution in [1.82, 2.24) is 0 Å². The number of fused-ring (bicyclic) bond motifs is 1. The van der Waals surface area contributed by atoms with Gasteiger partial charge in [-0.1, -0.05) is 18.5 Å². The number of nitrogens with zero attached hydrogens (tertiary/aromatic N) is 1. The van der Waals surface area contributed by atoms with Gasteiger partial charge in [0.05, 0.1) is 23.3 Å². The predicted molar refractivity (Wildman–Crippen MR) is 133 cm³/mol. The SMILES string of the molecule is CCC/C(=N\OCC)C1=C(OC(=O)C(C)(C)C)CC(c2c(C)c(C)c(C)c3c2OCC3)CC1=O. The molecule has 6 heteroatoms. The Kier molecular flexibility index (Phi) is 7.89. The van der Waals surface area contributed by atoms with Crippen molar-refractivity contribution in [1.29, 1.82) is 0 Å². The lowest BCUT2D eigenvalue weighted by molar-refractivity contribution is -0.149. The molecule has 6 nitrogen and oxygen atoms in total. The maximum absolute atomic E-state index is 13.6. The number of allylic oxidation sites excluding steroid dienone is 2. The Balaban J connectivity index is 2.14. The third-order valence-electron chi connectivity index (χ3n) is 6.84. The van der Waals surface area contributed by atoms with Crippen LogP contribution in [0.1, 0.15) is 94.0 Å². The van der Waals surface area contributed by atoms with E-state index in [-0.39, 0.29) is 17.7 Å². The molecule has 186 valence electrons. The zero-order valence-electron chi connectivity index (χ0n) is 22.0. The molecular weight excluding hydrogens is 430 g/mol. The van der Waals surface area contributed by atoms with Crippen molar-refractivity contribution in [2.45, 2.75) is 93.4 Å². The number of carbonyl (C=O) groups is 2. The van der Waals surface area contributed by atoms with Gasteiger partial charge in [-0.15, -0.1) is 0 Å². The summed E-state index contributed by atoms with van der Waals surface area (Å²) in [5.41, 5.74) is 6.23. The van der Waals surface area contributed by atoms with Gasteiger partial charge in [0, 0.05) is 36.3 Å². The van der Waals surface area contributed by atoms with Crippen LogP contribution < -0.4 is 4.74 Å². The summed E-state index contributed by atoms with van der Waals surface area (Å²) in [7, 11) is 0. The number of esters is 1. The van der Waals surface area contributed by atoms with Crippen LogP contribution >= 0.6 is 0 Å². The Morgan fingerprint density at radius 3 is 2.41 bits per heavy atom. The normalized spacial score (nSPS) is 18.6. The highest BCUT2D eigenvalue weighted by molar-refractivity contribution is 6.23. The van der Waals surface area contributed by atoms with Crippen molar-refractivity contribution in [3.63, 3.8) is 0 Å². The molecular formula is C28H39NO5. The summed E-state index contributed by atoms with van der Waals surface area (Å²) in [4.78, 5) is 31.9. The first-order valence-corrected chi connectivity index (χ1v) is 12.4. The number of ketones is 1. The minimum Gasteiger partial charge on any atom is -0.493 e. The fraction of sp³-hybridized carbons (Fsp3) is 0.607. The van der Waals surface area contributed by atoms with E-state index >= 15 is 0 Å². The molecule has 1 atom stereocenters. The summed E-state index contributed by atoms with van der Waals surface area (Å²) in [6.45, 7) is 16.7. The van der Waals surface area contributed by atoms with Crippen molar-refractivity contribution in [2.24, 2.45) is 10.6 Å². The van der Waals surface area contributed by atoms with Gasteiger partial charge in [-0.25, -0.2) is 0 Å². The van der Waals surface area contributed by atoms with Gasteiger partial charge in [0.25, 0.3) is 0 Å². The minimum absolute atomic E-state index is 0.0655. The first-order valence-electron chi connectivity index (χ1n) is 12.4. The molecule has 0 aromatic heterocycles. The van der Waals surface area contributed by atoms with E-state index in [1.165, 1.54) is 16.7 Å². The summed E-state index contributed by atoms with van der Waals surface area (Å²) < 4.78 is 12.0. The van der Waals surface area contributed by atoms with Crippen molar-refractivity contribution in [3.8, 4) is 5.75 Å². The average Bonchev–Trinajstić information content (AvgIpc) is 3.24. The largest absolute Gasteiger partial charge is 0.493 e. The number of rotatable bonds is 7. The second kappa shape index (κ2) is 10.3. The number of oxime groups is 1. The standard InChI is InChI=1S/C28H39NO5/c1-9-11-21(29-33-10-2)25-22(30)14-19(15-23(25)34-27(31)28(6,7)8)24-18(5)16(3)17(4)20-12-13-32-26(20)24/h19H,9-15H2,1-8H3/b29-21+. The third-order valence-corrected chi connectivity index (χ3v) is 6.84. The molecule has 0 fully saturated rings. The molecule has 1 unspecified atom stereocenters. The molecule has 0 spiro atoms. The molecule has 0 amide bonds. The Hall–Kier alpha value is -2.63. The summed E-state index contributed by atoms with van der Waals surface area (Å²) in [6.07, 6.45) is 3.01. The maximum Gasteiger partial charge on any atom is 0.316 e. The van der Waals surface area contributed by atoms with Gasteiger partial charge in [-0.3, -0.25) is 9.59 Å². The molecule has 1 heterocycles. The molecule has 0 saturated carbocycles. The highest BCUT2D eigenvalue weighted by Gasteiger charge is 2.38. The lowest BCUT2D eigenvalue weighted by atomic mass is 9.77. The zero-order chi connectivity index (χ0) is 25.2. The summed E-state index contributed by atoms with van der Waals surface area (Å²) in [5.74, 6) is 0.765. The van der Waals surface area contributed by atoms with Crippen LogP contribution in [0.2, 0.25) is 0 Å². The number of Topliss-reactive ketones (excluding diaryl/α,β-unsaturated/α-hetero) is 1. The quantitative estimate of drug-likeness (QED) is 0.277. The summed E-state index contributed by atoms with van der Waals surface area (Å²) >= 11 is 0. The first-order chi connectivity index (χ1) is 16.0. The summed E-state index contributed by atoms with van der Waals surface area (Å²) in [5, 5.41) is 4.25. The lowest BCUT2D eigenvalue weighted by Crippen LogP contribution is -2.29. The molecule has 1 aliphatic carbocycles. The molecule has 2 aliphatic rings. The number of hydrogen-bond donors (Lipinski definition) is 0. The third kappa shape index (κ3) is 5.06. The van der Waals surface area contributed by atoms with Crippen LogP contribution in [0.4, 0.5) is 0 Å². The van der Waals surface area contributed by atoms with Gasteiger partial charge in [-0.05, 0) is 71.6 Å². The molecule has 1 aliphatic heterocycles. The molecule has 3 rings (SSSR count). The van der Waals surface area contributed by atoms with E-state index in [1.54, 1.807) is 0 Å². The van der Waals surface area contributed by atoms with Crippen LogP contribution in [0.3, 0.4) is 0 Å². The van der Waals surface area contributed by atoms with Crippen LogP contribution in [-0.4, -0.2) is 30.7 Å². The minimum atomic E-state index is -0.698. The number of carbonyl (C=O) groups excluding carboxylic acids is 2. The molecule has 34 heavy (non-hydrogen) atoms. The fourth-order valence-corrected chi connectivity index (χ4v) is 4.78. The molecule has 0 N–H and O–H groups in total. The maximum atomic E-state index is 13.6. The highest BCUT2D eigenvalue weighted by Crippen LogP contribution is 2.46. The smallest absolute Gasteiger partial charge is 0.316 e. The number of hydrogen-bond acceptors (Lipinski definition) is 6. The van der Waals surface area contributed by atoms with E-state index in [0.29, 0.717) is 49.5 Å². The van der Waals surface area contributed by atoms with Gasteiger partial charge in [-0.2, -0.15) is 0 Å². The van der Waals surface area contributed by atoms with Crippen LogP contribution in [0, 0.1) is 26.2 Å². The van der Waals surface area contributed by atoms with E-state index in [1.807, 2.05) is 34.6 Å². The van der Waals surface area contributed by atoms with Gasteiger partial charge < -0.3 is 14.3 Å². The first kappa shape index (κ1) is 26.0. The Labute approximate surface area is 203 Å². The highest BCUT2D eigenvalue weighted by atomic mass is 16.6. The predicted octanol–water partition coefficient (Wildman–Crippen LogP) is 6.03. The zero-order valence-corrected chi connectivity index (χ0v) is 22.0. The van der Waals surface area contributed by atoms with E-state index < -0.39 is 5.41 Å². The van der Waals surface area contributed by atoms with Gasteiger partial charge >= 0.3 is 5.97 Å². The van der Waals surface area contributed by atoms with Crippen molar-refractivity contribution in [3.05, 3.63) is 39.1 Å². The summed E-state index contributed by atoms with van der Waals surface area (Å²) in [6, 6.07) is 0. The average molecular weight is 470 g/mol. The van der Waals surface area contributed by atoms with Crippen LogP contribution in [0.25, 0.3) is 0 Å². The monoisotopic (exact) mass is 469 g/mol. The van der Waals surface area contributed by atoms with Crippen LogP contribution in [-0.2, 0) is 25.6 Å². The number of benzene rings is 1. The van der Waals surface area contributed by atoms with Gasteiger partial charge in [0.1, 0.15) is 18.1 Å². The fourth-order valence-electron chi connectivity index (χ4n) is 4.78. The second-order valence-electron chi connectivity index (χ2n) is 10.4. The van der Waals surface area contributed by atoms with E-state index in [2.05, 4.69) is 25.9 Å².